The zero-order valence-corrected chi connectivity index (χ0v) is 15.0. The van der Waals surface area contributed by atoms with Crippen LogP contribution in [0, 0.1) is 11.3 Å². The number of nitrogens with zero attached hydrogens (tertiary/aromatic N) is 4. The van der Waals surface area contributed by atoms with E-state index in [-0.39, 0.29) is 12.1 Å². The molecule has 0 bridgehead atoms. The maximum absolute atomic E-state index is 12.2. The third-order valence-corrected chi connectivity index (χ3v) is 4.05. The van der Waals surface area contributed by atoms with Crippen LogP contribution in [0.25, 0.3) is 0 Å². The van der Waals surface area contributed by atoms with E-state index in [1.807, 2.05) is 40.0 Å². The predicted octanol–water partition coefficient (Wildman–Crippen LogP) is 2.78. The molecule has 2 heterocycles. The summed E-state index contributed by atoms with van der Waals surface area (Å²) < 4.78 is 5.46. The average Bonchev–Trinajstić information content (AvgIpc) is 2.53. The Bertz CT molecular complexity index is 618. The molecular formula is C18H26N4O2. The smallest absolute Gasteiger partial charge is 0.410 e. The van der Waals surface area contributed by atoms with Gasteiger partial charge in [-0.05, 0) is 57.9 Å². The van der Waals surface area contributed by atoms with Crippen molar-refractivity contribution in [2.24, 2.45) is 0 Å². The highest BCUT2D eigenvalue weighted by Gasteiger charge is 2.29. The van der Waals surface area contributed by atoms with Gasteiger partial charge in [0.2, 0.25) is 0 Å². The van der Waals surface area contributed by atoms with Gasteiger partial charge < -0.3 is 9.64 Å². The summed E-state index contributed by atoms with van der Waals surface area (Å²) in [6.45, 7) is 8.19. The van der Waals surface area contributed by atoms with Gasteiger partial charge in [-0.3, -0.25) is 4.90 Å². The minimum Gasteiger partial charge on any atom is -0.444 e. The molecule has 0 N–H and O–H groups in total. The van der Waals surface area contributed by atoms with Gasteiger partial charge in [0, 0.05) is 32.4 Å². The predicted molar refractivity (Wildman–Crippen MR) is 91.2 cm³/mol. The molecule has 1 aromatic heterocycles. The molecule has 0 unspecified atom stereocenters. The second-order valence-electron chi connectivity index (χ2n) is 7.28. The Morgan fingerprint density at radius 2 is 2.29 bits per heavy atom. The summed E-state index contributed by atoms with van der Waals surface area (Å²) in [5.74, 6) is 0. The van der Waals surface area contributed by atoms with Gasteiger partial charge in [0.1, 0.15) is 17.4 Å². The van der Waals surface area contributed by atoms with Crippen LogP contribution < -0.4 is 0 Å². The molecule has 6 heteroatoms. The van der Waals surface area contributed by atoms with Gasteiger partial charge >= 0.3 is 6.09 Å². The number of carbonyl (C=O) groups is 1. The van der Waals surface area contributed by atoms with Crippen molar-refractivity contribution in [3.8, 4) is 6.07 Å². The number of piperidine rings is 1. The third-order valence-electron chi connectivity index (χ3n) is 4.05. The van der Waals surface area contributed by atoms with Crippen molar-refractivity contribution in [3.05, 3.63) is 29.6 Å². The minimum absolute atomic E-state index is 0.144. The van der Waals surface area contributed by atoms with E-state index in [4.69, 9.17) is 10.00 Å². The van der Waals surface area contributed by atoms with Crippen LogP contribution in [0.15, 0.2) is 18.3 Å². The molecule has 0 aromatic carbocycles. The molecule has 1 aromatic rings. The molecule has 6 nitrogen and oxygen atoms in total. The number of aromatic nitrogens is 1. The van der Waals surface area contributed by atoms with E-state index in [1.165, 1.54) is 0 Å². The maximum atomic E-state index is 12.2. The highest BCUT2D eigenvalue weighted by atomic mass is 16.6. The van der Waals surface area contributed by atoms with Crippen molar-refractivity contribution in [1.82, 2.24) is 14.8 Å². The van der Waals surface area contributed by atoms with Crippen LogP contribution >= 0.6 is 0 Å². The van der Waals surface area contributed by atoms with Gasteiger partial charge in [0.15, 0.2) is 0 Å². The molecule has 0 aliphatic carbocycles. The monoisotopic (exact) mass is 330 g/mol. The lowest BCUT2D eigenvalue weighted by Gasteiger charge is -2.38. The summed E-state index contributed by atoms with van der Waals surface area (Å²) in [7, 11) is 1.81. The molecule has 0 spiro atoms. The number of rotatable bonds is 3. The van der Waals surface area contributed by atoms with Gasteiger partial charge in [-0.25, -0.2) is 9.78 Å². The fraction of sp³-hybridized carbons (Fsp3) is 0.611. The topological polar surface area (TPSA) is 69.5 Å². The molecule has 0 saturated carbocycles. The van der Waals surface area contributed by atoms with Crippen LogP contribution in [0.3, 0.4) is 0 Å². The van der Waals surface area contributed by atoms with Crippen molar-refractivity contribution in [1.29, 1.82) is 5.26 Å². The van der Waals surface area contributed by atoms with Crippen LogP contribution in [0.4, 0.5) is 4.79 Å². The second kappa shape index (κ2) is 7.63. The van der Waals surface area contributed by atoms with E-state index in [1.54, 1.807) is 11.1 Å². The Morgan fingerprint density at radius 3 is 2.96 bits per heavy atom. The molecule has 1 aliphatic rings. The highest BCUT2D eigenvalue weighted by molar-refractivity contribution is 5.68. The second-order valence-corrected chi connectivity index (χ2v) is 7.28. The van der Waals surface area contributed by atoms with E-state index in [0.717, 1.165) is 38.0 Å². The number of likely N-dealkylation sites (tertiary alicyclic amines) is 1. The van der Waals surface area contributed by atoms with E-state index in [0.29, 0.717) is 5.69 Å². The van der Waals surface area contributed by atoms with E-state index < -0.39 is 5.60 Å². The Morgan fingerprint density at radius 1 is 1.54 bits per heavy atom. The number of ether oxygens (including phenoxy) is 1. The molecule has 1 aliphatic heterocycles. The zero-order chi connectivity index (χ0) is 17.7. The molecule has 130 valence electrons. The summed E-state index contributed by atoms with van der Waals surface area (Å²) in [4.78, 5) is 20.3. The largest absolute Gasteiger partial charge is 0.444 e. The van der Waals surface area contributed by atoms with Crippen molar-refractivity contribution < 1.29 is 9.53 Å². The maximum Gasteiger partial charge on any atom is 0.410 e. The lowest BCUT2D eigenvalue weighted by molar-refractivity contribution is 0.0130. The van der Waals surface area contributed by atoms with Gasteiger partial charge in [0.25, 0.3) is 0 Å². The van der Waals surface area contributed by atoms with E-state index >= 15 is 0 Å². The zero-order valence-electron chi connectivity index (χ0n) is 15.0. The highest BCUT2D eigenvalue weighted by Crippen LogP contribution is 2.19. The van der Waals surface area contributed by atoms with Crippen molar-refractivity contribution in [3.63, 3.8) is 0 Å². The SMILES string of the molecule is CN(C(=O)OC(C)(C)C)[C@@H]1CCCN(Cc2ccnc(C#N)c2)C1. The normalized spacial score (nSPS) is 18.7. The number of hydrogen-bond donors (Lipinski definition) is 0. The number of nitriles is 1. The number of amides is 1. The molecule has 0 radical (unpaired) electrons. The first-order valence-electron chi connectivity index (χ1n) is 8.31. The Kier molecular flexibility index (Phi) is 5.79. The molecular weight excluding hydrogens is 304 g/mol. The molecule has 1 atom stereocenters. The van der Waals surface area contributed by atoms with Crippen molar-refractivity contribution in [2.75, 3.05) is 20.1 Å². The Balaban J connectivity index is 1.96. The number of pyridine rings is 1. The average molecular weight is 330 g/mol. The standard InChI is InChI=1S/C18H26N4O2/c1-18(2,3)24-17(23)21(4)16-6-5-9-22(13-16)12-14-7-8-20-15(10-14)11-19/h7-8,10,16H,5-6,9,12-13H2,1-4H3/t16-/m1/s1. The first kappa shape index (κ1) is 18.2. The quantitative estimate of drug-likeness (QED) is 0.852. The summed E-state index contributed by atoms with van der Waals surface area (Å²) in [5.41, 5.74) is 1.03. The molecule has 1 fully saturated rings. The molecule has 24 heavy (non-hydrogen) atoms. The summed E-state index contributed by atoms with van der Waals surface area (Å²) >= 11 is 0. The van der Waals surface area contributed by atoms with Gasteiger partial charge in [-0.2, -0.15) is 5.26 Å². The van der Waals surface area contributed by atoms with Crippen LogP contribution in [0.5, 0.6) is 0 Å². The molecule has 2 rings (SSSR count). The van der Waals surface area contributed by atoms with Crippen molar-refractivity contribution in [2.45, 2.75) is 51.8 Å². The first-order valence-corrected chi connectivity index (χ1v) is 8.31. The Hall–Kier alpha value is -2.13. The van der Waals surface area contributed by atoms with Gasteiger partial charge in [-0.15, -0.1) is 0 Å². The fourth-order valence-electron chi connectivity index (χ4n) is 2.87. The first-order chi connectivity index (χ1) is 11.3. The minimum atomic E-state index is -0.482. The summed E-state index contributed by atoms with van der Waals surface area (Å²) in [6, 6.07) is 5.97. The summed E-state index contributed by atoms with van der Waals surface area (Å²) in [5, 5.41) is 8.95. The van der Waals surface area contributed by atoms with E-state index in [2.05, 4.69) is 16.0 Å². The fourth-order valence-corrected chi connectivity index (χ4v) is 2.87. The number of hydrogen-bond acceptors (Lipinski definition) is 5. The van der Waals surface area contributed by atoms with Crippen LogP contribution in [0.1, 0.15) is 44.9 Å². The lowest BCUT2D eigenvalue weighted by Crippen LogP contribution is -2.49. The molecule has 1 saturated heterocycles. The molecule has 1 amide bonds. The van der Waals surface area contributed by atoms with Gasteiger partial charge in [-0.1, -0.05) is 0 Å². The third kappa shape index (κ3) is 5.20. The summed E-state index contributed by atoms with van der Waals surface area (Å²) in [6.07, 6.45) is 3.41. The number of likely N-dealkylation sites (N-methyl/N-ethyl adjacent to an activating group) is 1. The van der Waals surface area contributed by atoms with Crippen molar-refractivity contribution >= 4 is 6.09 Å². The van der Waals surface area contributed by atoms with Crippen LogP contribution in [-0.4, -0.2) is 52.7 Å². The number of carbonyl (C=O) groups excluding carboxylic acids is 1. The lowest BCUT2D eigenvalue weighted by atomic mass is 10.0. The van der Waals surface area contributed by atoms with Gasteiger partial charge in [0.05, 0.1) is 0 Å². The Labute approximate surface area is 144 Å². The van der Waals surface area contributed by atoms with Crippen LogP contribution in [-0.2, 0) is 11.3 Å². The van der Waals surface area contributed by atoms with E-state index in [9.17, 15) is 4.79 Å². The van der Waals surface area contributed by atoms with Crippen LogP contribution in [0.2, 0.25) is 0 Å².